The zero-order valence-electron chi connectivity index (χ0n) is 31.3. The lowest BCUT2D eigenvalue weighted by Gasteiger charge is -2.10. The quantitative estimate of drug-likeness (QED) is 0.0962. The van der Waals surface area contributed by atoms with Crippen molar-refractivity contribution < 1.29 is 17.6 Å². The Kier molecular flexibility index (Phi) is 11.2. The first-order valence-corrected chi connectivity index (χ1v) is 18.9. The Balaban J connectivity index is 1.03. The molecule has 0 radical (unpaired) electrons. The molecule has 0 bridgehead atoms. The topological polar surface area (TPSA) is 0 Å². The molecule has 58 heavy (non-hydrogen) atoms. The highest BCUT2D eigenvalue weighted by Gasteiger charge is 2.09. The van der Waals surface area contributed by atoms with Gasteiger partial charge in [0, 0.05) is 0 Å². The molecule has 0 aliphatic heterocycles. The molecule has 0 aliphatic rings. The summed E-state index contributed by atoms with van der Waals surface area (Å²) in [5.41, 5.74) is 11.2. The predicted molar refractivity (Wildman–Crippen MR) is 234 cm³/mol. The van der Waals surface area contributed by atoms with Crippen molar-refractivity contribution in [3.63, 3.8) is 0 Å². The van der Waals surface area contributed by atoms with E-state index in [4.69, 9.17) is 0 Å². The van der Waals surface area contributed by atoms with Gasteiger partial charge in [-0.15, -0.1) is 0 Å². The molecule has 0 saturated heterocycles. The van der Waals surface area contributed by atoms with Gasteiger partial charge >= 0.3 is 0 Å². The smallest absolute Gasteiger partial charge is 0.123 e. The Hall–Kier alpha value is -7.30. The minimum atomic E-state index is -0.313. The summed E-state index contributed by atoms with van der Waals surface area (Å²) >= 11 is 0. The highest BCUT2D eigenvalue weighted by Crippen LogP contribution is 2.30. The molecule has 0 aliphatic carbocycles. The summed E-state index contributed by atoms with van der Waals surface area (Å²) < 4.78 is 55.0. The number of halogens is 4. The Morgan fingerprint density at radius 2 is 0.586 bits per heavy atom. The Labute approximate surface area is 335 Å². The second-order valence-electron chi connectivity index (χ2n) is 13.9. The third kappa shape index (κ3) is 9.04. The average molecular weight is 761 g/mol. The summed E-state index contributed by atoms with van der Waals surface area (Å²) in [7, 11) is 0. The molecular formula is C54H36F4. The van der Waals surface area contributed by atoms with E-state index < -0.39 is 0 Å². The number of rotatable bonds is 10. The van der Waals surface area contributed by atoms with Gasteiger partial charge in [-0.05, 0) is 138 Å². The van der Waals surface area contributed by atoms with E-state index in [-0.39, 0.29) is 23.3 Å². The summed E-state index contributed by atoms with van der Waals surface area (Å²) in [6, 6.07) is 54.3. The molecule has 0 nitrogen and oxygen atoms in total. The van der Waals surface area contributed by atoms with Crippen LogP contribution in [-0.2, 0) is 0 Å². The van der Waals surface area contributed by atoms with Crippen LogP contribution in [0.1, 0.15) is 55.6 Å². The number of hydrogen-bond donors (Lipinski definition) is 0. The van der Waals surface area contributed by atoms with Gasteiger partial charge in [0.15, 0.2) is 0 Å². The molecule has 0 spiro atoms. The summed E-state index contributed by atoms with van der Waals surface area (Å²) in [5.74, 6) is -1.25. The van der Waals surface area contributed by atoms with Crippen molar-refractivity contribution in [3.05, 3.63) is 261 Å². The van der Waals surface area contributed by atoms with Crippen molar-refractivity contribution in [3.8, 4) is 0 Å². The molecule has 8 aromatic rings. The van der Waals surface area contributed by atoms with Crippen LogP contribution in [0.5, 0.6) is 0 Å². The van der Waals surface area contributed by atoms with Crippen molar-refractivity contribution in [2.45, 2.75) is 0 Å². The highest BCUT2D eigenvalue weighted by molar-refractivity contribution is 6.00. The second kappa shape index (κ2) is 17.2. The van der Waals surface area contributed by atoms with Gasteiger partial charge in [-0.2, -0.15) is 0 Å². The van der Waals surface area contributed by atoms with Crippen LogP contribution in [-0.4, -0.2) is 0 Å². The zero-order valence-corrected chi connectivity index (χ0v) is 31.3. The predicted octanol–water partition coefficient (Wildman–Crippen LogP) is 14.9. The third-order valence-corrected chi connectivity index (χ3v) is 10.00. The van der Waals surface area contributed by atoms with Crippen LogP contribution < -0.4 is 0 Å². The van der Waals surface area contributed by atoms with Crippen LogP contribution in [0, 0.1) is 23.3 Å². The lowest BCUT2D eigenvalue weighted by molar-refractivity contribution is 0.627. The fraction of sp³-hybridized carbons (Fsp3) is 0. The first kappa shape index (κ1) is 37.6. The van der Waals surface area contributed by atoms with Gasteiger partial charge < -0.3 is 0 Å². The zero-order chi connectivity index (χ0) is 39.8. The van der Waals surface area contributed by atoms with Crippen LogP contribution in [0.3, 0.4) is 0 Å². The van der Waals surface area contributed by atoms with E-state index in [1.807, 2.05) is 36.4 Å². The summed E-state index contributed by atoms with van der Waals surface area (Å²) in [5, 5.41) is 2.27. The second-order valence-corrected chi connectivity index (χ2v) is 13.9. The Morgan fingerprint density at radius 1 is 0.293 bits per heavy atom. The van der Waals surface area contributed by atoms with Gasteiger partial charge in [0.1, 0.15) is 23.3 Å². The number of fused-ring (bicyclic) bond motifs is 1. The first-order chi connectivity index (χ1) is 28.3. The molecule has 280 valence electrons. The minimum Gasteiger partial charge on any atom is -0.207 e. The minimum absolute atomic E-state index is 0.313. The normalized spacial score (nSPS) is 11.3. The maximum Gasteiger partial charge on any atom is 0.123 e. The van der Waals surface area contributed by atoms with E-state index in [1.54, 1.807) is 48.5 Å². The fourth-order valence-electron chi connectivity index (χ4n) is 6.97. The molecule has 8 aromatic carbocycles. The maximum absolute atomic E-state index is 13.7. The van der Waals surface area contributed by atoms with Crippen LogP contribution >= 0.6 is 0 Å². The van der Waals surface area contributed by atoms with Crippen molar-refractivity contribution in [1.82, 2.24) is 0 Å². The molecular weight excluding hydrogens is 725 g/mol. The van der Waals surface area contributed by atoms with Crippen molar-refractivity contribution in [2.75, 3.05) is 0 Å². The van der Waals surface area contributed by atoms with E-state index in [2.05, 4.69) is 85.0 Å². The summed E-state index contributed by atoms with van der Waals surface area (Å²) in [6.45, 7) is 0. The lowest BCUT2D eigenvalue weighted by atomic mass is 9.95. The van der Waals surface area contributed by atoms with Crippen molar-refractivity contribution in [1.29, 1.82) is 0 Å². The molecule has 0 aromatic heterocycles. The molecule has 0 atom stereocenters. The van der Waals surface area contributed by atoms with Gasteiger partial charge in [-0.25, -0.2) is 17.6 Å². The molecule has 0 N–H and O–H groups in total. The lowest BCUT2D eigenvalue weighted by Crippen LogP contribution is -1.90. The van der Waals surface area contributed by atoms with Crippen LogP contribution in [0.4, 0.5) is 17.6 Å². The van der Waals surface area contributed by atoms with Gasteiger partial charge in [0.25, 0.3) is 0 Å². The van der Waals surface area contributed by atoms with E-state index in [0.717, 1.165) is 77.6 Å². The average Bonchev–Trinajstić information content (AvgIpc) is 3.25. The molecule has 0 amide bonds. The number of hydrogen-bond acceptors (Lipinski definition) is 0. The van der Waals surface area contributed by atoms with Crippen LogP contribution in [0.25, 0.3) is 58.4 Å². The summed E-state index contributed by atoms with van der Waals surface area (Å²) in [4.78, 5) is 0. The van der Waals surface area contributed by atoms with Gasteiger partial charge in [0.05, 0.1) is 0 Å². The standard InChI is InChI=1S/C54H36F4/c55-48-27-19-41(20-28-48)52(42-21-29-49(56)30-22-42)35-39-11-7-37(8-12-39)15-17-46-5-1-3-45-4-2-6-47(54(45)46)18-16-38-9-13-40(14-10-38)36-53(43-23-31-50(57)32-24-43)44-25-33-51(58)34-26-44/h1-36H/b17-15-,18-16-. The van der Waals surface area contributed by atoms with Crippen molar-refractivity contribution >= 4 is 58.4 Å². The Morgan fingerprint density at radius 3 is 0.897 bits per heavy atom. The van der Waals surface area contributed by atoms with E-state index in [1.165, 1.54) is 48.5 Å². The maximum atomic E-state index is 13.7. The molecule has 8 rings (SSSR count). The van der Waals surface area contributed by atoms with Crippen LogP contribution in [0.15, 0.2) is 182 Å². The summed E-state index contributed by atoms with van der Waals surface area (Å²) in [6.07, 6.45) is 12.5. The molecule has 0 unspecified atom stereocenters. The largest absolute Gasteiger partial charge is 0.207 e. The fourth-order valence-corrected chi connectivity index (χ4v) is 6.97. The van der Waals surface area contributed by atoms with E-state index in [9.17, 15) is 17.6 Å². The van der Waals surface area contributed by atoms with Crippen molar-refractivity contribution in [2.24, 2.45) is 0 Å². The van der Waals surface area contributed by atoms with Crippen LogP contribution in [0.2, 0.25) is 0 Å². The van der Waals surface area contributed by atoms with Gasteiger partial charge in [0.2, 0.25) is 0 Å². The molecule has 0 saturated carbocycles. The number of benzene rings is 8. The van der Waals surface area contributed by atoms with Gasteiger partial charge in [-0.1, -0.05) is 158 Å². The first-order valence-electron chi connectivity index (χ1n) is 18.9. The monoisotopic (exact) mass is 760 g/mol. The molecule has 0 heterocycles. The van der Waals surface area contributed by atoms with Gasteiger partial charge in [-0.3, -0.25) is 0 Å². The SMILES string of the molecule is Fc1ccc(C(=Cc2ccc(/C=C\c3cccc4cccc(/C=C\c5ccc(C=C(c6ccc(F)cc6)c6ccc(F)cc6)cc5)c34)cc2)c2ccc(F)cc2)cc1. The highest BCUT2D eigenvalue weighted by atomic mass is 19.1. The third-order valence-electron chi connectivity index (χ3n) is 10.00. The van der Waals surface area contributed by atoms with E-state index >= 15 is 0 Å². The Bertz CT molecular complexity index is 2500. The molecule has 4 heteroatoms. The molecule has 0 fully saturated rings. The van der Waals surface area contributed by atoms with E-state index in [0.29, 0.717) is 0 Å².